The van der Waals surface area contributed by atoms with E-state index in [4.69, 9.17) is 16.3 Å². The van der Waals surface area contributed by atoms with Crippen molar-refractivity contribution in [2.75, 3.05) is 11.9 Å². The number of hydrogen-bond donors (Lipinski definition) is 1. The Labute approximate surface area is 182 Å². The highest BCUT2D eigenvalue weighted by Crippen LogP contribution is 2.36. The number of anilines is 1. The Morgan fingerprint density at radius 2 is 1.90 bits per heavy atom. The highest BCUT2D eigenvalue weighted by Gasteiger charge is 2.20. The van der Waals surface area contributed by atoms with E-state index >= 15 is 0 Å². The second-order valence-corrected chi connectivity index (χ2v) is 8.12. The number of benzene rings is 2. The monoisotopic (exact) mass is 438 g/mol. The van der Waals surface area contributed by atoms with E-state index < -0.39 is 5.97 Å². The SMILES string of the molecule is CCOC(=O)c1cc(-c2ccccc2)sc1NC(=O)Cn1ccc2cc(Cl)ccc21. The molecule has 0 atom stereocenters. The molecular formula is C23H19ClN2O3S. The molecule has 5 nitrogen and oxygen atoms in total. The van der Waals surface area contributed by atoms with Crippen LogP contribution in [0.1, 0.15) is 17.3 Å². The van der Waals surface area contributed by atoms with Gasteiger partial charge in [0.15, 0.2) is 0 Å². The number of nitrogens with zero attached hydrogens (tertiary/aromatic N) is 1. The molecule has 1 amide bonds. The van der Waals surface area contributed by atoms with Gasteiger partial charge < -0.3 is 14.6 Å². The van der Waals surface area contributed by atoms with Crippen molar-refractivity contribution in [1.82, 2.24) is 4.57 Å². The number of carbonyl (C=O) groups is 2. The van der Waals surface area contributed by atoms with Gasteiger partial charge in [-0.3, -0.25) is 4.79 Å². The molecule has 0 fully saturated rings. The Morgan fingerprint density at radius 1 is 1.10 bits per heavy atom. The predicted octanol–water partition coefficient (Wildman–Crippen LogP) is 5.84. The quantitative estimate of drug-likeness (QED) is 0.385. The van der Waals surface area contributed by atoms with Gasteiger partial charge in [-0.05, 0) is 42.8 Å². The number of halogens is 1. The van der Waals surface area contributed by atoms with Crippen LogP contribution in [0.5, 0.6) is 0 Å². The van der Waals surface area contributed by atoms with Crippen LogP contribution in [0, 0.1) is 0 Å². The van der Waals surface area contributed by atoms with Crippen LogP contribution < -0.4 is 5.32 Å². The van der Waals surface area contributed by atoms with E-state index in [0.717, 1.165) is 21.3 Å². The second kappa shape index (κ2) is 8.73. The number of fused-ring (bicyclic) bond motifs is 1. The van der Waals surface area contributed by atoms with Crippen molar-refractivity contribution in [3.05, 3.63) is 77.4 Å². The summed E-state index contributed by atoms with van der Waals surface area (Å²) in [6, 6.07) is 18.9. The summed E-state index contributed by atoms with van der Waals surface area (Å²) < 4.78 is 7.02. The van der Waals surface area contributed by atoms with Crippen molar-refractivity contribution in [2.45, 2.75) is 13.5 Å². The van der Waals surface area contributed by atoms with Crippen molar-refractivity contribution in [3.8, 4) is 10.4 Å². The van der Waals surface area contributed by atoms with Gasteiger partial charge in [0.2, 0.25) is 5.91 Å². The third-order valence-corrected chi connectivity index (χ3v) is 5.92. The summed E-state index contributed by atoms with van der Waals surface area (Å²) >= 11 is 7.39. The zero-order chi connectivity index (χ0) is 21.1. The van der Waals surface area contributed by atoms with Crippen LogP contribution in [-0.2, 0) is 16.1 Å². The van der Waals surface area contributed by atoms with Gasteiger partial charge in [0.25, 0.3) is 0 Å². The molecule has 0 aliphatic rings. The van der Waals surface area contributed by atoms with Crippen molar-refractivity contribution < 1.29 is 14.3 Å². The number of thiophene rings is 1. The van der Waals surface area contributed by atoms with Gasteiger partial charge in [-0.25, -0.2) is 4.79 Å². The Hall–Kier alpha value is -3.09. The molecule has 2 aromatic heterocycles. The predicted molar refractivity (Wildman–Crippen MR) is 121 cm³/mol. The van der Waals surface area contributed by atoms with Crippen LogP contribution in [0.3, 0.4) is 0 Å². The summed E-state index contributed by atoms with van der Waals surface area (Å²) in [5.74, 6) is -0.679. The molecule has 0 aliphatic carbocycles. The van der Waals surface area contributed by atoms with Crippen molar-refractivity contribution in [3.63, 3.8) is 0 Å². The summed E-state index contributed by atoms with van der Waals surface area (Å²) in [5.41, 5.74) is 2.25. The van der Waals surface area contributed by atoms with Gasteiger partial charge in [0, 0.05) is 27.0 Å². The van der Waals surface area contributed by atoms with Crippen molar-refractivity contribution >= 4 is 50.7 Å². The molecule has 0 saturated carbocycles. The molecular weight excluding hydrogens is 420 g/mol. The van der Waals surface area contributed by atoms with Crippen molar-refractivity contribution in [2.24, 2.45) is 0 Å². The highest BCUT2D eigenvalue weighted by molar-refractivity contribution is 7.20. The number of nitrogens with one attached hydrogen (secondary N) is 1. The van der Waals surface area contributed by atoms with Gasteiger partial charge in [-0.15, -0.1) is 11.3 Å². The lowest BCUT2D eigenvalue weighted by molar-refractivity contribution is -0.116. The van der Waals surface area contributed by atoms with Gasteiger partial charge in [-0.2, -0.15) is 0 Å². The zero-order valence-corrected chi connectivity index (χ0v) is 17.8. The molecule has 0 spiro atoms. The lowest BCUT2D eigenvalue weighted by Crippen LogP contribution is -2.19. The molecule has 4 rings (SSSR count). The average molecular weight is 439 g/mol. The molecule has 1 N–H and O–H groups in total. The molecule has 0 saturated heterocycles. The smallest absolute Gasteiger partial charge is 0.341 e. The minimum absolute atomic E-state index is 0.117. The first-order valence-electron chi connectivity index (χ1n) is 9.46. The van der Waals surface area contributed by atoms with Crippen LogP contribution >= 0.6 is 22.9 Å². The van der Waals surface area contributed by atoms with E-state index in [2.05, 4.69) is 5.32 Å². The van der Waals surface area contributed by atoms with Gasteiger partial charge in [-0.1, -0.05) is 41.9 Å². The molecule has 7 heteroatoms. The highest BCUT2D eigenvalue weighted by atomic mass is 35.5. The number of ether oxygens (including phenoxy) is 1. The maximum Gasteiger partial charge on any atom is 0.341 e. The van der Waals surface area contributed by atoms with E-state index in [1.165, 1.54) is 11.3 Å². The first-order valence-corrected chi connectivity index (χ1v) is 10.6. The van der Waals surface area contributed by atoms with E-state index in [9.17, 15) is 9.59 Å². The van der Waals surface area contributed by atoms with Gasteiger partial charge in [0.05, 0.1) is 12.2 Å². The molecule has 4 aromatic rings. The molecule has 152 valence electrons. The average Bonchev–Trinajstić information content (AvgIpc) is 3.33. The number of rotatable bonds is 6. The van der Waals surface area contributed by atoms with Gasteiger partial charge >= 0.3 is 5.97 Å². The summed E-state index contributed by atoms with van der Waals surface area (Å²) in [5, 5.41) is 4.98. The number of aromatic nitrogens is 1. The molecule has 0 aliphatic heterocycles. The molecule has 0 radical (unpaired) electrons. The first kappa shape index (κ1) is 20.2. The number of amides is 1. The fourth-order valence-corrected chi connectivity index (χ4v) is 4.47. The van der Waals surface area contributed by atoms with Crippen LogP contribution in [0.4, 0.5) is 5.00 Å². The molecule has 30 heavy (non-hydrogen) atoms. The minimum Gasteiger partial charge on any atom is -0.462 e. The summed E-state index contributed by atoms with van der Waals surface area (Å²) in [6.45, 7) is 2.14. The Kier molecular flexibility index (Phi) is 5.88. The standard InChI is InChI=1S/C23H19ClN2O3S/c1-2-29-23(28)18-13-20(15-6-4-3-5-7-15)30-22(18)25-21(27)14-26-11-10-16-12-17(24)8-9-19(16)26/h3-13H,2,14H2,1H3,(H,25,27). The first-order chi connectivity index (χ1) is 14.5. The maximum atomic E-state index is 12.8. The third-order valence-electron chi connectivity index (χ3n) is 4.59. The lowest BCUT2D eigenvalue weighted by Gasteiger charge is -2.08. The van der Waals surface area contributed by atoms with E-state index in [1.807, 2.05) is 59.3 Å². The third kappa shape index (κ3) is 4.25. The number of esters is 1. The Bertz CT molecular complexity index is 1210. The van der Waals surface area contributed by atoms with E-state index in [1.54, 1.807) is 19.1 Å². The maximum absolute atomic E-state index is 12.8. The summed E-state index contributed by atoms with van der Waals surface area (Å²) in [7, 11) is 0. The minimum atomic E-state index is -0.452. The second-order valence-electron chi connectivity index (χ2n) is 6.63. The molecule has 2 aromatic carbocycles. The van der Waals surface area contributed by atoms with E-state index in [0.29, 0.717) is 15.6 Å². The summed E-state index contributed by atoms with van der Waals surface area (Å²) in [6.07, 6.45) is 1.84. The molecule has 0 unspecified atom stereocenters. The Morgan fingerprint density at radius 3 is 2.67 bits per heavy atom. The van der Waals surface area contributed by atoms with Crippen LogP contribution in [-0.4, -0.2) is 23.1 Å². The Balaban J connectivity index is 1.59. The molecule has 2 heterocycles. The molecule has 0 bridgehead atoms. The summed E-state index contributed by atoms with van der Waals surface area (Å²) in [4.78, 5) is 26.1. The number of carbonyl (C=O) groups excluding carboxylic acids is 2. The lowest BCUT2D eigenvalue weighted by atomic mass is 10.1. The topological polar surface area (TPSA) is 60.3 Å². The van der Waals surface area contributed by atoms with Crippen LogP contribution in [0.15, 0.2) is 66.9 Å². The van der Waals surface area contributed by atoms with E-state index in [-0.39, 0.29) is 19.1 Å². The largest absolute Gasteiger partial charge is 0.462 e. The fourth-order valence-electron chi connectivity index (χ4n) is 3.22. The number of hydrogen-bond acceptors (Lipinski definition) is 4. The van der Waals surface area contributed by atoms with Crippen LogP contribution in [0.2, 0.25) is 5.02 Å². The normalized spacial score (nSPS) is 10.9. The fraction of sp³-hybridized carbons (Fsp3) is 0.130. The van der Waals surface area contributed by atoms with Crippen LogP contribution in [0.25, 0.3) is 21.3 Å². The van der Waals surface area contributed by atoms with Gasteiger partial charge in [0.1, 0.15) is 11.5 Å². The van der Waals surface area contributed by atoms with Crippen molar-refractivity contribution in [1.29, 1.82) is 0 Å². The zero-order valence-electron chi connectivity index (χ0n) is 16.2.